The Morgan fingerprint density at radius 3 is 2.72 bits per heavy atom. The SMILES string of the molecule is CNCCCc1nnc(Cc2ccccc2C)o1. The lowest BCUT2D eigenvalue weighted by Gasteiger charge is -2.01. The van der Waals surface area contributed by atoms with Crippen LogP contribution < -0.4 is 5.32 Å². The molecule has 2 rings (SSSR count). The van der Waals surface area contributed by atoms with E-state index in [9.17, 15) is 0 Å². The molecule has 0 spiro atoms. The van der Waals surface area contributed by atoms with Gasteiger partial charge in [0, 0.05) is 6.42 Å². The van der Waals surface area contributed by atoms with Gasteiger partial charge >= 0.3 is 0 Å². The maximum absolute atomic E-state index is 5.64. The second kappa shape index (κ2) is 6.31. The summed E-state index contributed by atoms with van der Waals surface area (Å²) in [6.07, 6.45) is 2.57. The Morgan fingerprint density at radius 2 is 1.94 bits per heavy atom. The van der Waals surface area contributed by atoms with Gasteiger partial charge in [0.25, 0.3) is 0 Å². The molecule has 0 atom stereocenters. The summed E-state index contributed by atoms with van der Waals surface area (Å²) >= 11 is 0. The number of aryl methyl sites for hydroxylation is 2. The van der Waals surface area contributed by atoms with Crippen molar-refractivity contribution in [1.82, 2.24) is 15.5 Å². The number of benzene rings is 1. The first kappa shape index (κ1) is 12.8. The van der Waals surface area contributed by atoms with E-state index < -0.39 is 0 Å². The van der Waals surface area contributed by atoms with Crippen molar-refractivity contribution >= 4 is 0 Å². The van der Waals surface area contributed by atoms with Crippen molar-refractivity contribution in [3.63, 3.8) is 0 Å². The van der Waals surface area contributed by atoms with Gasteiger partial charge in [-0.25, -0.2) is 0 Å². The summed E-state index contributed by atoms with van der Waals surface area (Å²) in [5, 5.41) is 11.3. The molecule has 4 heteroatoms. The van der Waals surface area contributed by atoms with Crippen LogP contribution in [0, 0.1) is 6.92 Å². The minimum Gasteiger partial charge on any atom is -0.425 e. The topological polar surface area (TPSA) is 51.0 Å². The molecule has 0 amide bonds. The second-order valence-corrected chi connectivity index (χ2v) is 4.40. The lowest BCUT2D eigenvalue weighted by molar-refractivity contribution is 0.450. The van der Waals surface area contributed by atoms with Crippen molar-refractivity contribution in [2.45, 2.75) is 26.2 Å². The molecule has 1 heterocycles. The Bertz CT molecular complexity index is 493. The van der Waals surface area contributed by atoms with E-state index in [-0.39, 0.29) is 0 Å². The monoisotopic (exact) mass is 245 g/mol. The van der Waals surface area contributed by atoms with Crippen molar-refractivity contribution < 1.29 is 4.42 Å². The van der Waals surface area contributed by atoms with Gasteiger partial charge in [-0.05, 0) is 38.1 Å². The standard InChI is InChI=1S/C14H19N3O/c1-11-6-3-4-7-12(11)10-14-17-16-13(18-14)8-5-9-15-2/h3-4,6-7,15H,5,8-10H2,1-2H3. The minimum atomic E-state index is 0.698. The average Bonchev–Trinajstić information content (AvgIpc) is 2.80. The zero-order chi connectivity index (χ0) is 12.8. The molecule has 0 aliphatic rings. The Morgan fingerprint density at radius 1 is 1.17 bits per heavy atom. The van der Waals surface area contributed by atoms with Crippen LogP contribution in [0.25, 0.3) is 0 Å². The maximum atomic E-state index is 5.64. The molecular formula is C14H19N3O. The third-order valence-corrected chi connectivity index (χ3v) is 2.93. The smallest absolute Gasteiger partial charge is 0.220 e. The van der Waals surface area contributed by atoms with Crippen LogP contribution in [-0.4, -0.2) is 23.8 Å². The Balaban J connectivity index is 1.96. The van der Waals surface area contributed by atoms with Gasteiger partial charge in [-0.2, -0.15) is 0 Å². The molecule has 1 N–H and O–H groups in total. The molecule has 0 bridgehead atoms. The molecule has 0 radical (unpaired) electrons. The summed E-state index contributed by atoms with van der Waals surface area (Å²) in [5.41, 5.74) is 2.50. The number of rotatable bonds is 6. The third-order valence-electron chi connectivity index (χ3n) is 2.93. The largest absolute Gasteiger partial charge is 0.425 e. The van der Waals surface area contributed by atoms with Gasteiger partial charge in [0.2, 0.25) is 11.8 Å². The fourth-order valence-corrected chi connectivity index (χ4v) is 1.85. The van der Waals surface area contributed by atoms with Crippen LogP contribution in [0.4, 0.5) is 0 Å². The molecule has 1 aromatic heterocycles. The van der Waals surface area contributed by atoms with Gasteiger partial charge in [0.05, 0.1) is 6.42 Å². The van der Waals surface area contributed by atoms with E-state index in [2.05, 4.69) is 34.6 Å². The maximum Gasteiger partial charge on any atom is 0.220 e. The van der Waals surface area contributed by atoms with E-state index >= 15 is 0 Å². The molecule has 4 nitrogen and oxygen atoms in total. The van der Waals surface area contributed by atoms with E-state index in [4.69, 9.17) is 4.42 Å². The molecule has 0 fully saturated rings. The van der Waals surface area contributed by atoms with Crippen LogP contribution in [0.1, 0.15) is 29.3 Å². The molecule has 0 aliphatic heterocycles. The molecule has 0 saturated heterocycles. The highest BCUT2D eigenvalue weighted by Crippen LogP contribution is 2.13. The first-order valence-electron chi connectivity index (χ1n) is 6.30. The fourth-order valence-electron chi connectivity index (χ4n) is 1.85. The van der Waals surface area contributed by atoms with Crippen LogP contribution >= 0.6 is 0 Å². The van der Waals surface area contributed by atoms with Crippen LogP contribution in [0.5, 0.6) is 0 Å². The molecule has 0 aliphatic carbocycles. The number of hydrogen-bond acceptors (Lipinski definition) is 4. The molecule has 1 aromatic carbocycles. The number of aromatic nitrogens is 2. The quantitative estimate of drug-likeness (QED) is 0.792. The van der Waals surface area contributed by atoms with Gasteiger partial charge in [-0.1, -0.05) is 24.3 Å². The molecule has 0 unspecified atom stereocenters. The van der Waals surface area contributed by atoms with Crippen molar-refractivity contribution in [2.75, 3.05) is 13.6 Å². The van der Waals surface area contributed by atoms with Gasteiger partial charge in [0.1, 0.15) is 0 Å². The van der Waals surface area contributed by atoms with Crippen LogP contribution in [0.15, 0.2) is 28.7 Å². The van der Waals surface area contributed by atoms with Gasteiger partial charge < -0.3 is 9.73 Å². The van der Waals surface area contributed by atoms with Crippen molar-refractivity contribution in [3.05, 3.63) is 47.2 Å². The second-order valence-electron chi connectivity index (χ2n) is 4.40. The summed E-state index contributed by atoms with van der Waals surface area (Å²) in [7, 11) is 1.94. The molecule has 18 heavy (non-hydrogen) atoms. The zero-order valence-electron chi connectivity index (χ0n) is 10.9. The lowest BCUT2D eigenvalue weighted by atomic mass is 10.1. The van der Waals surface area contributed by atoms with Crippen molar-refractivity contribution in [2.24, 2.45) is 0 Å². The number of hydrogen-bond donors (Lipinski definition) is 1. The van der Waals surface area contributed by atoms with Crippen molar-refractivity contribution in [1.29, 1.82) is 0 Å². The Labute approximate surface area is 107 Å². The zero-order valence-corrected chi connectivity index (χ0v) is 10.9. The number of nitrogens with zero attached hydrogens (tertiary/aromatic N) is 2. The first-order chi connectivity index (χ1) is 8.79. The highest BCUT2D eigenvalue weighted by atomic mass is 16.4. The summed E-state index contributed by atoms with van der Waals surface area (Å²) in [6, 6.07) is 8.27. The van der Waals surface area contributed by atoms with Crippen LogP contribution in [0.2, 0.25) is 0 Å². The Kier molecular flexibility index (Phi) is 4.47. The van der Waals surface area contributed by atoms with E-state index in [0.717, 1.165) is 25.3 Å². The van der Waals surface area contributed by atoms with Crippen molar-refractivity contribution in [3.8, 4) is 0 Å². The van der Waals surface area contributed by atoms with Crippen LogP contribution in [0.3, 0.4) is 0 Å². The van der Waals surface area contributed by atoms with E-state index in [1.165, 1.54) is 11.1 Å². The molecule has 2 aromatic rings. The third kappa shape index (κ3) is 3.40. The fraction of sp³-hybridized carbons (Fsp3) is 0.429. The van der Waals surface area contributed by atoms with Crippen LogP contribution in [-0.2, 0) is 12.8 Å². The summed E-state index contributed by atoms with van der Waals surface area (Å²) in [5.74, 6) is 1.43. The number of nitrogens with one attached hydrogen (secondary N) is 1. The predicted octanol–water partition coefficient (Wildman–Crippen LogP) is 2.12. The average molecular weight is 245 g/mol. The molecule has 96 valence electrons. The normalized spacial score (nSPS) is 10.8. The lowest BCUT2D eigenvalue weighted by Crippen LogP contribution is -2.08. The predicted molar refractivity (Wildman–Crippen MR) is 70.5 cm³/mol. The van der Waals surface area contributed by atoms with E-state index in [0.29, 0.717) is 12.3 Å². The Hall–Kier alpha value is -1.68. The minimum absolute atomic E-state index is 0.698. The highest BCUT2D eigenvalue weighted by Gasteiger charge is 2.07. The summed E-state index contributed by atoms with van der Waals surface area (Å²) < 4.78 is 5.64. The first-order valence-corrected chi connectivity index (χ1v) is 6.30. The molecule has 0 saturated carbocycles. The summed E-state index contributed by atoms with van der Waals surface area (Å²) in [4.78, 5) is 0. The van der Waals surface area contributed by atoms with E-state index in [1.54, 1.807) is 0 Å². The highest BCUT2D eigenvalue weighted by molar-refractivity contribution is 5.27. The molecular weight excluding hydrogens is 226 g/mol. The van der Waals surface area contributed by atoms with Gasteiger partial charge in [0.15, 0.2) is 0 Å². The van der Waals surface area contributed by atoms with Gasteiger partial charge in [-0.3, -0.25) is 0 Å². The van der Waals surface area contributed by atoms with E-state index in [1.807, 2.05) is 19.2 Å². The summed E-state index contributed by atoms with van der Waals surface area (Å²) in [6.45, 7) is 3.06. The van der Waals surface area contributed by atoms with Gasteiger partial charge in [-0.15, -0.1) is 10.2 Å².